The molecule has 3 heterocycles. The summed E-state index contributed by atoms with van der Waals surface area (Å²) in [6, 6.07) is 2.00. The number of amides is 1. The molecule has 2 aromatic rings. The average molecular weight is 334 g/mol. The SMILES string of the molecule is COc1nccc(OC2CCN(C(=O)c3scnc3C)CC2)n1. The van der Waals surface area contributed by atoms with E-state index in [1.165, 1.54) is 18.4 Å². The number of carbonyl (C=O) groups is 1. The Balaban J connectivity index is 1.56. The summed E-state index contributed by atoms with van der Waals surface area (Å²) < 4.78 is 10.8. The Labute approximate surface area is 138 Å². The molecule has 1 aliphatic heterocycles. The Bertz CT molecular complexity index is 683. The van der Waals surface area contributed by atoms with Crippen LogP contribution in [0.15, 0.2) is 17.8 Å². The number of nitrogens with zero attached hydrogens (tertiary/aromatic N) is 4. The van der Waals surface area contributed by atoms with Crippen molar-refractivity contribution in [2.24, 2.45) is 0 Å². The summed E-state index contributed by atoms with van der Waals surface area (Å²) in [4.78, 5) is 27.3. The van der Waals surface area contributed by atoms with Crippen LogP contribution in [0, 0.1) is 6.92 Å². The topological polar surface area (TPSA) is 77.4 Å². The minimum atomic E-state index is 0.0428. The zero-order chi connectivity index (χ0) is 16.2. The normalized spacial score (nSPS) is 15.5. The highest BCUT2D eigenvalue weighted by Gasteiger charge is 2.26. The summed E-state index contributed by atoms with van der Waals surface area (Å²) in [6.07, 6.45) is 3.19. The van der Waals surface area contributed by atoms with Gasteiger partial charge in [0.25, 0.3) is 5.91 Å². The summed E-state index contributed by atoms with van der Waals surface area (Å²) in [5.41, 5.74) is 2.51. The summed E-state index contributed by atoms with van der Waals surface area (Å²) in [7, 11) is 1.52. The van der Waals surface area contributed by atoms with Gasteiger partial charge in [-0.25, -0.2) is 9.97 Å². The lowest BCUT2D eigenvalue weighted by Gasteiger charge is -2.31. The number of carbonyl (C=O) groups excluding carboxylic acids is 1. The molecule has 0 unspecified atom stereocenters. The number of hydrogen-bond donors (Lipinski definition) is 0. The molecule has 2 aromatic heterocycles. The Morgan fingerprint density at radius 1 is 1.35 bits per heavy atom. The molecule has 0 aromatic carbocycles. The average Bonchev–Trinajstić information content (AvgIpc) is 3.01. The first kappa shape index (κ1) is 15.7. The zero-order valence-corrected chi connectivity index (χ0v) is 13.9. The number of aryl methyl sites for hydroxylation is 1. The van der Waals surface area contributed by atoms with Crippen molar-refractivity contribution in [3.05, 3.63) is 28.3 Å². The van der Waals surface area contributed by atoms with Crippen LogP contribution in [0.2, 0.25) is 0 Å². The van der Waals surface area contributed by atoms with Crippen LogP contribution in [-0.2, 0) is 0 Å². The van der Waals surface area contributed by atoms with E-state index in [-0.39, 0.29) is 18.0 Å². The van der Waals surface area contributed by atoms with E-state index in [2.05, 4.69) is 15.0 Å². The number of likely N-dealkylation sites (tertiary alicyclic amines) is 1. The van der Waals surface area contributed by atoms with E-state index in [0.717, 1.165) is 23.4 Å². The molecule has 1 saturated heterocycles. The fourth-order valence-electron chi connectivity index (χ4n) is 2.49. The zero-order valence-electron chi connectivity index (χ0n) is 13.1. The van der Waals surface area contributed by atoms with Gasteiger partial charge in [-0.3, -0.25) is 4.79 Å². The van der Waals surface area contributed by atoms with Gasteiger partial charge < -0.3 is 14.4 Å². The van der Waals surface area contributed by atoms with Crippen molar-refractivity contribution in [2.75, 3.05) is 20.2 Å². The van der Waals surface area contributed by atoms with Gasteiger partial charge in [-0.05, 0) is 6.92 Å². The molecule has 0 N–H and O–H groups in total. The number of piperidine rings is 1. The highest BCUT2D eigenvalue weighted by atomic mass is 32.1. The number of methoxy groups -OCH3 is 1. The molecule has 0 spiro atoms. The van der Waals surface area contributed by atoms with Crippen LogP contribution in [-0.4, -0.2) is 52.1 Å². The maximum absolute atomic E-state index is 12.4. The van der Waals surface area contributed by atoms with E-state index < -0.39 is 0 Å². The molecule has 7 nitrogen and oxygen atoms in total. The molecule has 8 heteroatoms. The number of aromatic nitrogens is 3. The predicted octanol–water partition coefficient (Wildman–Crippen LogP) is 1.93. The van der Waals surface area contributed by atoms with Gasteiger partial charge in [0.05, 0.1) is 18.3 Å². The predicted molar refractivity (Wildman–Crippen MR) is 85.0 cm³/mol. The van der Waals surface area contributed by atoms with Crippen LogP contribution in [0.4, 0.5) is 0 Å². The minimum absolute atomic E-state index is 0.0428. The summed E-state index contributed by atoms with van der Waals surface area (Å²) >= 11 is 1.39. The maximum Gasteiger partial charge on any atom is 0.319 e. The van der Waals surface area contributed by atoms with Crippen LogP contribution in [0.1, 0.15) is 28.2 Å². The maximum atomic E-state index is 12.4. The van der Waals surface area contributed by atoms with E-state index in [4.69, 9.17) is 9.47 Å². The largest absolute Gasteiger partial charge is 0.474 e. The second-order valence-electron chi connectivity index (χ2n) is 5.26. The first-order valence-corrected chi connectivity index (χ1v) is 8.28. The van der Waals surface area contributed by atoms with Gasteiger partial charge in [-0.15, -0.1) is 11.3 Å². The van der Waals surface area contributed by atoms with Gasteiger partial charge in [-0.1, -0.05) is 0 Å². The van der Waals surface area contributed by atoms with Crippen LogP contribution in [0.3, 0.4) is 0 Å². The number of hydrogen-bond acceptors (Lipinski definition) is 7. The lowest BCUT2D eigenvalue weighted by molar-refractivity contribution is 0.0590. The molecule has 3 rings (SSSR count). The third kappa shape index (κ3) is 3.58. The molecular formula is C15H18N4O3S. The van der Waals surface area contributed by atoms with E-state index in [0.29, 0.717) is 19.0 Å². The molecule has 0 saturated carbocycles. The van der Waals surface area contributed by atoms with Gasteiger partial charge >= 0.3 is 6.01 Å². The van der Waals surface area contributed by atoms with Gasteiger partial charge in [0, 0.05) is 38.2 Å². The molecule has 1 aliphatic rings. The van der Waals surface area contributed by atoms with Crippen molar-refractivity contribution in [3.8, 4) is 11.9 Å². The van der Waals surface area contributed by atoms with Crippen molar-refractivity contribution in [3.63, 3.8) is 0 Å². The number of ether oxygens (including phenoxy) is 2. The first-order valence-electron chi connectivity index (χ1n) is 7.40. The molecule has 0 bridgehead atoms. The fourth-order valence-corrected chi connectivity index (χ4v) is 3.26. The van der Waals surface area contributed by atoms with E-state index in [1.807, 2.05) is 11.8 Å². The summed E-state index contributed by atoms with van der Waals surface area (Å²) in [5.74, 6) is 0.562. The van der Waals surface area contributed by atoms with E-state index in [9.17, 15) is 4.79 Å². The smallest absolute Gasteiger partial charge is 0.319 e. The highest BCUT2D eigenvalue weighted by molar-refractivity contribution is 7.11. The monoisotopic (exact) mass is 334 g/mol. The van der Waals surface area contributed by atoms with Gasteiger partial charge in [-0.2, -0.15) is 4.98 Å². The molecule has 122 valence electrons. The Morgan fingerprint density at radius 3 is 2.78 bits per heavy atom. The van der Waals surface area contributed by atoms with Gasteiger partial charge in [0.15, 0.2) is 0 Å². The molecule has 1 amide bonds. The Morgan fingerprint density at radius 2 is 2.13 bits per heavy atom. The van der Waals surface area contributed by atoms with Crippen molar-refractivity contribution in [2.45, 2.75) is 25.9 Å². The standard InChI is InChI=1S/C15H18N4O3S/c1-10-13(23-9-17-10)14(20)19-7-4-11(5-8-19)22-12-3-6-16-15(18-12)21-2/h3,6,9,11H,4-5,7-8H2,1-2H3. The Hall–Kier alpha value is -2.22. The fraction of sp³-hybridized carbons (Fsp3) is 0.467. The van der Waals surface area contributed by atoms with Gasteiger partial charge in [0.1, 0.15) is 11.0 Å². The third-order valence-corrected chi connectivity index (χ3v) is 4.66. The van der Waals surface area contributed by atoms with Crippen LogP contribution >= 0.6 is 11.3 Å². The summed E-state index contributed by atoms with van der Waals surface area (Å²) in [6.45, 7) is 3.20. The van der Waals surface area contributed by atoms with Crippen molar-refractivity contribution in [1.82, 2.24) is 19.9 Å². The molecule has 0 aliphatic carbocycles. The quantitative estimate of drug-likeness (QED) is 0.850. The van der Waals surface area contributed by atoms with Crippen LogP contribution < -0.4 is 9.47 Å². The van der Waals surface area contributed by atoms with E-state index >= 15 is 0 Å². The molecular weight excluding hydrogens is 316 g/mol. The van der Waals surface area contributed by atoms with Gasteiger partial charge in [0.2, 0.25) is 5.88 Å². The van der Waals surface area contributed by atoms with Crippen molar-refractivity contribution in [1.29, 1.82) is 0 Å². The molecule has 23 heavy (non-hydrogen) atoms. The van der Waals surface area contributed by atoms with Crippen molar-refractivity contribution >= 4 is 17.2 Å². The lowest BCUT2D eigenvalue weighted by atomic mass is 10.1. The minimum Gasteiger partial charge on any atom is -0.474 e. The first-order chi connectivity index (χ1) is 11.2. The van der Waals surface area contributed by atoms with E-state index in [1.54, 1.807) is 17.8 Å². The number of thiazole rings is 1. The molecule has 1 fully saturated rings. The third-order valence-electron chi connectivity index (χ3n) is 3.75. The van der Waals surface area contributed by atoms with Crippen LogP contribution in [0.5, 0.6) is 11.9 Å². The molecule has 0 radical (unpaired) electrons. The van der Waals surface area contributed by atoms with Crippen molar-refractivity contribution < 1.29 is 14.3 Å². The van der Waals surface area contributed by atoms with Crippen LogP contribution in [0.25, 0.3) is 0 Å². The second-order valence-corrected chi connectivity index (χ2v) is 6.11. The lowest BCUT2D eigenvalue weighted by Crippen LogP contribution is -2.41. The summed E-state index contributed by atoms with van der Waals surface area (Å²) in [5, 5.41) is 0. The highest BCUT2D eigenvalue weighted by Crippen LogP contribution is 2.21. The second kappa shape index (κ2) is 6.91. The number of rotatable bonds is 4. The molecule has 0 atom stereocenters. The Kier molecular flexibility index (Phi) is 4.71.